The van der Waals surface area contributed by atoms with Crippen molar-refractivity contribution in [3.63, 3.8) is 0 Å². The molecule has 1 aliphatic rings. The summed E-state index contributed by atoms with van der Waals surface area (Å²) in [6.07, 6.45) is 1.39. The summed E-state index contributed by atoms with van der Waals surface area (Å²) in [4.78, 5) is 0.176. The van der Waals surface area contributed by atoms with E-state index in [1.54, 1.807) is 18.2 Å². The van der Waals surface area contributed by atoms with Crippen LogP contribution in [0.2, 0.25) is 0 Å². The van der Waals surface area contributed by atoms with Gasteiger partial charge in [0.1, 0.15) is 6.61 Å². The predicted octanol–water partition coefficient (Wildman–Crippen LogP) is 0.423. The van der Waals surface area contributed by atoms with Crippen LogP contribution in [0.25, 0.3) is 0 Å². The van der Waals surface area contributed by atoms with Gasteiger partial charge in [0.2, 0.25) is 10.0 Å². The zero-order valence-electron chi connectivity index (χ0n) is 11.7. The zero-order chi connectivity index (χ0) is 15.3. The fraction of sp³-hybridized carbons (Fsp3) is 0.467. The molecule has 21 heavy (non-hydrogen) atoms. The van der Waals surface area contributed by atoms with E-state index >= 15 is 0 Å². The van der Waals surface area contributed by atoms with E-state index in [0.717, 1.165) is 6.42 Å². The first kappa shape index (κ1) is 16.0. The molecule has 1 aromatic carbocycles. The number of benzene rings is 1. The van der Waals surface area contributed by atoms with Gasteiger partial charge in [0.25, 0.3) is 0 Å². The number of aliphatic hydroxyl groups is 2. The van der Waals surface area contributed by atoms with Crippen molar-refractivity contribution in [3.05, 3.63) is 29.8 Å². The summed E-state index contributed by atoms with van der Waals surface area (Å²) in [5.74, 6) is 5.38. The monoisotopic (exact) mass is 309 g/mol. The maximum Gasteiger partial charge on any atom is 0.244 e. The van der Waals surface area contributed by atoms with E-state index in [4.69, 9.17) is 10.2 Å². The molecule has 0 bridgehead atoms. The molecule has 0 spiro atoms. The van der Waals surface area contributed by atoms with E-state index < -0.39 is 10.0 Å². The van der Waals surface area contributed by atoms with Gasteiger partial charge in [-0.05, 0) is 30.9 Å². The first-order chi connectivity index (χ1) is 10.1. The van der Waals surface area contributed by atoms with Crippen LogP contribution in [-0.2, 0) is 10.0 Å². The van der Waals surface area contributed by atoms with Crippen LogP contribution in [0, 0.1) is 17.8 Å². The number of aliphatic hydroxyl groups excluding tert-OH is 2. The highest BCUT2D eigenvalue weighted by Gasteiger charge is 2.33. The zero-order valence-corrected chi connectivity index (χ0v) is 12.5. The summed E-state index contributed by atoms with van der Waals surface area (Å²) in [6, 6.07) is 6.56. The first-order valence-corrected chi connectivity index (χ1v) is 8.33. The van der Waals surface area contributed by atoms with E-state index in [9.17, 15) is 8.42 Å². The molecule has 1 heterocycles. The van der Waals surface area contributed by atoms with Crippen LogP contribution in [0.15, 0.2) is 29.2 Å². The lowest BCUT2D eigenvalue weighted by atomic mass is 10.1. The van der Waals surface area contributed by atoms with Gasteiger partial charge in [0.05, 0.1) is 4.90 Å². The molecule has 1 aliphatic heterocycles. The van der Waals surface area contributed by atoms with Crippen molar-refractivity contribution in [2.45, 2.75) is 17.7 Å². The van der Waals surface area contributed by atoms with Crippen LogP contribution >= 0.6 is 0 Å². The molecule has 1 aromatic rings. The van der Waals surface area contributed by atoms with Crippen LogP contribution in [0.5, 0.6) is 0 Å². The van der Waals surface area contributed by atoms with Crippen LogP contribution in [0.3, 0.4) is 0 Å². The Morgan fingerprint density at radius 2 is 2.05 bits per heavy atom. The SMILES string of the molecule is O=S(=O)(c1ccccc1C#CCO)N1CCC(CCO)C1. The molecular weight excluding hydrogens is 290 g/mol. The molecule has 1 saturated heterocycles. The minimum Gasteiger partial charge on any atom is -0.396 e. The van der Waals surface area contributed by atoms with E-state index in [2.05, 4.69) is 11.8 Å². The van der Waals surface area contributed by atoms with Crippen LogP contribution in [-0.4, -0.2) is 49.2 Å². The molecule has 0 radical (unpaired) electrons. The normalized spacial score (nSPS) is 19.2. The van der Waals surface area contributed by atoms with Crippen molar-refractivity contribution in [2.24, 2.45) is 5.92 Å². The van der Waals surface area contributed by atoms with Crippen LogP contribution in [0.1, 0.15) is 18.4 Å². The Labute approximate surface area is 125 Å². The molecule has 2 N–H and O–H groups in total. The highest BCUT2D eigenvalue weighted by molar-refractivity contribution is 7.89. The first-order valence-electron chi connectivity index (χ1n) is 6.89. The topological polar surface area (TPSA) is 77.8 Å². The van der Waals surface area contributed by atoms with Gasteiger partial charge in [-0.1, -0.05) is 24.0 Å². The third-order valence-electron chi connectivity index (χ3n) is 3.59. The van der Waals surface area contributed by atoms with E-state index in [0.29, 0.717) is 25.1 Å². The Kier molecular flexibility index (Phi) is 5.37. The van der Waals surface area contributed by atoms with Gasteiger partial charge in [0.15, 0.2) is 0 Å². The molecule has 0 amide bonds. The number of hydrogen-bond acceptors (Lipinski definition) is 4. The third kappa shape index (κ3) is 3.63. The van der Waals surface area contributed by atoms with Gasteiger partial charge < -0.3 is 10.2 Å². The lowest BCUT2D eigenvalue weighted by molar-refractivity contribution is 0.259. The summed E-state index contributed by atoms with van der Waals surface area (Å²) in [5, 5.41) is 17.7. The smallest absolute Gasteiger partial charge is 0.244 e. The number of rotatable bonds is 4. The third-order valence-corrected chi connectivity index (χ3v) is 5.52. The fourth-order valence-electron chi connectivity index (χ4n) is 2.50. The maximum atomic E-state index is 12.7. The highest BCUT2D eigenvalue weighted by atomic mass is 32.2. The summed E-state index contributed by atoms with van der Waals surface area (Å²) >= 11 is 0. The van der Waals surface area contributed by atoms with Crippen molar-refractivity contribution in [1.29, 1.82) is 0 Å². The van der Waals surface area contributed by atoms with Gasteiger partial charge >= 0.3 is 0 Å². The van der Waals surface area contributed by atoms with Gasteiger partial charge in [-0.3, -0.25) is 0 Å². The Bertz CT molecular complexity index is 645. The summed E-state index contributed by atoms with van der Waals surface area (Å²) in [5.41, 5.74) is 0.400. The van der Waals surface area contributed by atoms with Crippen molar-refractivity contribution < 1.29 is 18.6 Å². The Morgan fingerprint density at radius 1 is 1.29 bits per heavy atom. The highest BCUT2D eigenvalue weighted by Crippen LogP contribution is 2.27. The quantitative estimate of drug-likeness (QED) is 0.790. The average Bonchev–Trinajstić information content (AvgIpc) is 2.95. The summed E-state index contributed by atoms with van der Waals surface area (Å²) in [6.45, 7) is 0.674. The summed E-state index contributed by atoms with van der Waals surface area (Å²) < 4.78 is 26.9. The van der Waals surface area contributed by atoms with E-state index in [1.165, 1.54) is 10.4 Å². The lowest BCUT2D eigenvalue weighted by Gasteiger charge is -2.17. The van der Waals surface area contributed by atoms with E-state index in [-0.39, 0.29) is 24.0 Å². The Morgan fingerprint density at radius 3 is 2.76 bits per heavy atom. The van der Waals surface area contributed by atoms with Gasteiger partial charge in [-0.25, -0.2) is 8.42 Å². The molecule has 1 unspecified atom stereocenters. The lowest BCUT2D eigenvalue weighted by Crippen LogP contribution is -2.29. The molecule has 0 saturated carbocycles. The second-order valence-corrected chi connectivity index (χ2v) is 6.89. The second-order valence-electron chi connectivity index (χ2n) is 4.99. The largest absolute Gasteiger partial charge is 0.396 e. The van der Waals surface area contributed by atoms with Crippen LogP contribution < -0.4 is 0 Å². The van der Waals surface area contributed by atoms with E-state index in [1.807, 2.05) is 0 Å². The second kappa shape index (κ2) is 7.05. The molecule has 5 nitrogen and oxygen atoms in total. The molecular formula is C15H19NO4S. The van der Waals surface area contributed by atoms with Gasteiger partial charge in [0, 0.05) is 25.3 Å². The molecule has 114 valence electrons. The number of hydrogen-bond donors (Lipinski definition) is 2. The van der Waals surface area contributed by atoms with Crippen molar-refractivity contribution in [1.82, 2.24) is 4.31 Å². The fourth-order valence-corrected chi connectivity index (χ4v) is 4.18. The average molecular weight is 309 g/mol. The van der Waals surface area contributed by atoms with Crippen molar-refractivity contribution in [3.8, 4) is 11.8 Å². The summed E-state index contributed by atoms with van der Waals surface area (Å²) in [7, 11) is -3.58. The van der Waals surface area contributed by atoms with Crippen LogP contribution in [0.4, 0.5) is 0 Å². The molecule has 1 fully saturated rings. The van der Waals surface area contributed by atoms with Gasteiger partial charge in [-0.15, -0.1) is 0 Å². The Hall–Kier alpha value is -1.39. The molecule has 6 heteroatoms. The number of sulfonamides is 1. The predicted molar refractivity (Wildman–Crippen MR) is 79.0 cm³/mol. The molecule has 2 rings (SSSR count). The minimum absolute atomic E-state index is 0.0805. The van der Waals surface area contributed by atoms with Gasteiger partial charge in [-0.2, -0.15) is 4.31 Å². The Balaban J connectivity index is 2.29. The molecule has 0 aromatic heterocycles. The molecule has 0 aliphatic carbocycles. The van der Waals surface area contributed by atoms with Crippen molar-refractivity contribution in [2.75, 3.05) is 26.3 Å². The minimum atomic E-state index is -3.58. The molecule has 1 atom stereocenters. The standard InChI is InChI=1S/C15H19NO4S/c17-10-3-5-14-4-1-2-6-15(14)21(19,20)16-9-7-13(12-16)8-11-18/h1-2,4,6,13,17-18H,7-12H2. The maximum absolute atomic E-state index is 12.7. The number of nitrogens with zero attached hydrogens (tertiary/aromatic N) is 1. The van der Waals surface area contributed by atoms with Crippen molar-refractivity contribution >= 4 is 10.0 Å².